The minimum atomic E-state index is -4.16. The van der Waals surface area contributed by atoms with E-state index in [-0.39, 0.29) is 18.4 Å². The summed E-state index contributed by atoms with van der Waals surface area (Å²) < 4.78 is 53.0. The second kappa shape index (κ2) is 6.60. The van der Waals surface area contributed by atoms with Gasteiger partial charge in [-0.1, -0.05) is 6.07 Å². The number of benzene rings is 1. The molecule has 4 nitrogen and oxygen atoms in total. The van der Waals surface area contributed by atoms with Crippen LogP contribution >= 0.6 is 12.4 Å². The number of halogens is 3. The van der Waals surface area contributed by atoms with E-state index in [0.717, 1.165) is 31.2 Å². The summed E-state index contributed by atoms with van der Waals surface area (Å²) in [5.74, 6) is -2.16. The molecule has 0 spiro atoms. The fourth-order valence-electron chi connectivity index (χ4n) is 1.97. The summed E-state index contributed by atoms with van der Waals surface area (Å²) >= 11 is 0. The molecule has 0 unspecified atom stereocenters. The van der Waals surface area contributed by atoms with Crippen molar-refractivity contribution < 1.29 is 17.2 Å². The summed E-state index contributed by atoms with van der Waals surface area (Å²) in [5, 5.41) is 3.02. The van der Waals surface area contributed by atoms with Gasteiger partial charge < -0.3 is 5.32 Å². The van der Waals surface area contributed by atoms with Gasteiger partial charge >= 0.3 is 0 Å². The third-order valence-electron chi connectivity index (χ3n) is 2.81. The molecule has 0 bridgehead atoms. The Morgan fingerprint density at radius 2 is 1.89 bits per heavy atom. The van der Waals surface area contributed by atoms with E-state index in [0.29, 0.717) is 13.0 Å². The summed E-state index contributed by atoms with van der Waals surface area (Å²) in [7, 11) is -4.16. The maximum absolute atomic E-state index is 13.4. The summed E-state index contributed by atoms with van der Waals surface area (Å²) in [6, 6.07) is 2.65. The lowest BCUT2D eigenvalue weighted by Crippen LogP contribution is -2.45. The SMILES string of the molecule is Cl.O=S(=O)(N[C@@H]1CCCNC1)c1c(F)cccc1F. The lowest BCUT2D eigenvalue weighted by molar-refractivity contribution is 0.425. The highest BCUT2D eigenvalue weighted by atomic mass is 35.5. The highest BCUT2D eigenvalue weighted by molar-refractivity contribution is 7.89. The highest BCUT2D eigenvalue weighted by Gasteiger charge is 2.27. The second-order valence-corrected chi connectivity index (χ2v) is 5.87. The van der Waals surface area contributed by atoms with Crippen LogP contribution in [0, 0.1) is 11.6 Å². The van der Waals surface area contributed by atoms with Crippen molar-refractivity contribution >= 4 is 22.4 Å². The average Bonchev–Trinajstić information content (AvgIpc) is 2.28. The number of hydrogen-bond acceptors (Lipinski definition) is 3. The molecule has 1 aliphatic heterocycles. The Labute approximate surface area is 117 Å². The van der Waals surface area contributed by atoms with Crippen LogP contribution in [0.2, 0.25) is 0 Å². The van der Waals surface area contributed by atoms with Gasteiger partial charge in [-0.2, -0.15) is 0 Å². The van der Waals surface area contributed by atoms with Gasteiger partial charge in [0.05, 0.1) is 0 Å². The van der Waals surface area contributed by atoms with Gasteiger partial charge in [0.25, 0.3) is 0 Å². The van der Waals surface area contributed by atoms with Gasteiger partial charge in [-0.25, -0.2) is 21.9 Å². The van der Waals surface area contributed by atoms with E-state index in [1.165, 1.54) is 0 Å². The first-order chi connectivity index (χ1) is 8.50. The second-order valence-electron chi connectivity index (χ2n) is 4.22. The number of sulfonamides is 1. The van der Waals surface area contributed by atoms with Gasteiger partial charge in [-0.3, -0.25) is 0 Å². The standard InChI is InChI=1S/C11H14F2N2O2S.ClH/c12-9-4-1-5-10(13)11(9)18(16,17)15-8-3-2-6-14-7-8;/h1,4-5,8,14-15H,2-3,6-7H2;1H/t8-;/m1./s1. The van der Waals surface area contributed by atoms with Crippen molar-refractivity contribution in [3.8, 4) is 0 Å². The molecule has 8 heteroatoms. The lowest BCUT2D eigenvalue weighted by Gasteiger charge is -2.23. The first kappa shape index (κ1) is 16.3. The molecular formula is C11H15ClF2N2O2S. The molecule has 0 saturated carbocycles. The van der Waals surface area contributed by atoms with Crippen LogP contribution in [0.3, 0.4) is 0 Å². The first-order valence-electron chi connectivity index (χ1n) is 5.68. The molecule has 1 aliphatic rings. The van der Waals surface area contributed by atoms with Crippen LogP contribution in [0.5, 0.6) is 0 Å². The van der Waals surface area contributed by atoms with Crippen LogP contribution in [0.25, 0.3) is 0 Å². The van der Waals surface area contributed by atoms with Gasteiger partial charge in [0.1, 0.15) is 11.6 Å². The summed E-state index contributed by atoms with van der Waals surface area (Å²) in [6.45, 7) is 1.29. The van der Waals surface area contributed by atoms with Crippen molar-refractivity contribution in [3.63, 3.8) is 0 Å². The summed E-state index contributed by atoms with van der Waals surface area (Å²) in [6.07, 6.45) is 1.48. The molecule has 2 N–H and O–H groups in total. The van der Waals surface area contributed by atoms with Crippen molar-refractivity contribution in [1.82, 2.24) is 10.0 Å². The van der Waals surface area contributed by atoms with Crippen LogP contribution in [0.1, 0.15) is 12.8 Å². The third-order valence-corrected chi connectivity index (χ3v) is 4.38. The zero-order valence-corrected chi connectivity index (χ0v) is 11.7. The average molecular weight is 313 g/mol. The number of hydrogen-bond donors (Lipinski definition) is 2. The van der Waals surface area contributed by atoms with Crippen LogP contribution in [-0.4, -0.2) is 27.5 Å². The zero-order valence-electron chi connectivity index (χ0n) is 10.0. The van der Waals surface area contributed by atoms with Crippen LogP contribution in [0.15, 0.2) is 23.1 Å². The van der Waals surface area contributed by atoms with Crippen molar-refractivity contribution in [2.45, 2.75) is 23.8 Å². The van der Waals surface area contributed by atoms with Crippen molar-refractivity contribution in [2.75, 3.05) is 13.1 Å². The van der Waals surface area contributed by atoms with Crippen LogP contribution in [0.4, 0.5) is 8.78 Å². The topological polar surface area (TPSA) is 58.2 Å². The number of piperidine rings is 1. The van der Waals surface area contributed by atoms with Gasteiger partial charge in [-0.15, -0.1) is 12.4 Å². The molecule has 1 saturated heterocycles. The van der Waals surface area contributed by atoms with E-state index in [2.05, 4.69) is 10.0 Å². The molecule has 19 heavy (non-hydrogen) atoms. The first-order valence-corrected chi connectivity index (χ1v) is 7.16. The van der Waals surface area contributed by atoms with Gasteiger partial charge in [0, 0.05) is 12.6 Å². The monoisotopic (exact) mass is 312 g/mol. The van der Waals surface area contributed by atoms with E-state index in [1.807, 2.05) is 0 Å². The minimum Gasteiger partial charge on any atom is -0.315 e. The molecule has 108 valence electrons. The van der Waals surface area contributed by atoms with Crippen LogP contribution < -0.4 is 10.0 Å². The van der Waals surface area contributed by atoms with Crippen molar-refractivity contribution in [3.05, 3.63) is 29.8 Å². The van der Waals surface area contributed by atoms with Gasteiger partial charge in [0.15, 0.2) is 4.90 Å². The maximum Gasteiger partial charge on any atom is 0.246 e. The van der Waals surface area contributed by atoms with Crippen LogP contribution in [-0.2, 0) is 10.0 Å². The fourth-order valence-corrected chi connectivity index (χ4v) is 3.38. The Kier molecular flexibility index (Phi) is 5.66. The zero-order chi connectivity index (χ0) is 13.2. The number of rotatable bonds is 3. The lowest BCUT2D eigenvalue weighted by atomic mass is 10.1. The fraction of sp³-hybridized carbons (Fsp3) is 0.455. The molecule has 1 heterocycles. The summed E-state index contributed by atoms with van der Waals surface area (Å²) in [4.78, 5) is -0.907. The van der Waals surface area contributed by atoms with E-state index >= 15 is 0 Å². The maximum atomic E-state index is 13.4. The highest BCUT2D eigenvalue weighted by Crippen LogP contribution is 2.19. The Hall–Kier alpha value is -0.760. The van der Waals surface area contributed by atoms with Gasteiger partial charge in [-0.05, 0) is 31.5 Å². The molecule has 1 atom stereocenters. The molecule has 2 rings (SSSR count). The Morgan fingerprint density at radius 3 is 2.42 bits per heavy atom. The molecular weight excluding hydrogens is 298 g/mol. The molecule has 0 amide bonds. The predicted octanol–water partition coefficient (Wildman–Crippen LogP) is 1.42. The molecule has 0 aromatic heterocycles. The predicted molar refractivity (Wildman–Crippen MR) is 69.8 cm³/mol. The quantitative estimate of drug-likeness (QED) is 0.887. The molecule has 0 aliphatic carbocycles. The molecule has 1 aromatic carbocycles. The summed E-state index contributed by atoms with van der Waals surface area (Å²) in [5.41, 5.74) is 0. The van der Waals surface area contributed by atoms with E-state index in [9.17, 15) is 17.2 Å². The third kappa shape index (κ3) is 3.85. The van der Waals surface area contributed by atoms with Gasteiger partial charge in [0.2, 0.25) is 10.0 Å². The van der Waals surface area contributed by atoms with E-state index in [1.54, 1.807) is 0 Å². The van der Waals surface area contributed by atoms with Crippen molar-refractivity contribution in [2.24, 2.45) is 0 Å². The molecule has 0 radical (unpaired) electrons. The normalized spacial score (nSPS) is 19.8. The Bertz CT molecular complexity index is 513. The Morgan fingerprint density at radius 1 is 1.26 bits per heavy atom. The molecule has 1 aromatic rings. The van der Waals surface area contributed by atoms with E-state index < -0.39 is 26.6 Å². The largest absolute Gasteiger partial charge is 0.315 e. The smallest absolute Gasteiger partial charge is 0.246 e. The van der Waals surface area contributed by atoms with E-state index in [4.69, 9.17) is 0 Å². The molecule has 1 fully saturated rings. The minimum absolute atomic E-state index is 0. The Balaban J connectivity index is 0.00000180. The van der Waals surface area contributed by atoms with Crippen molar-refractivity contribution in [1.29, 1.82) is 0 Å². The number of nitrogens with one attached hydrogen (secondary N) is 2.